The summed E-state index contributed by atoms with van der Waals surface area (Å²) in [6, 6.07) is 13.2. The zero-order valence-electron chi connectivity index (χ0n) is 9.10. The lowest BCUT2D eigenvalue weighted by molar-refractivity contribution is 0.601. The van der Waals surface area contributed by atoms with Gasteiger partial charge in [-0.25, -0.2) is 8.42 Å². The number of hydrogen-bond donors (Lipinski definition) is 1. The normalized spacial score (nSPS) is 11.2. The Morgan fingerprint density at radius 3 is 2.33 bits per heavy atom. The summed E-state index contributed by atoms with van der Waals surface area (Å²) < 4.78 is 27.6. The van der Waals surface area contributed by atoms with Crippen molar-refractivity contribution in [3.63, 3.8) is 0 Å². The third-order valence-corrected chi connectivity index (χ3v) is 4.52. The molecular formula is C12H9ClINO2S. The largest absolute Gasteiger partial charge is 0.280 e. The van der Waals surface area contributed by atoms with Crippen LogP contribution in [0.3, 0.4) is 0 Å². The maximum Gasteiger partial charge on any atom is 0.261 e. The minimum absolute atomic E-state index is 0.186. The van der Waals surface area contributed by atoms with Gasteiger partial charge in [-0.3, -0.25) is 4.72 Å². The summed E-state index contributed by atoms with van der Waals surface area (Å²) in [5.41, 5.74) is 0.539. The molecule has 0 fully saturated rings. The predicted molar refractivity (Wildman–Crippen MR) is 81.4 cm³/mol. The van der Waals surface area contributed by atoms with Crippen LogP contribution in [0.2, 0.25) is 5.02 Å². The first-order chi connectivity index (χ1) is 8.47. The quantitative estimate of drug-likeness (QED) is 0.808. The lowest BCUT2D eigenvalue weighted by Gasteiger charge is -2.08. The number of benzene rings is 2. The predicted octanol–water partition coefficient (Wildman–Crippen LogP) is 3.75. The van der Waals surface area contributed by atoms with Crippen LogP contribution >= 0.6 is 34.2 Å². The summed E-state index contributed by atoms with van der Waals surface area (Å²) in [7, 11) is -3.56. The zero-order chi connectivity index (χ0) is 13.2. The molecule has 3 nitrogen and oxygen atoms in total. The summed E-state index contributed by atoms with van der Waals surface area (Å²) in [5, 5.41) is 0.503. The van der Waals surface area contributed by atoms with E-state index in [0.717, 1.165) is 3.57 Å². The molecule has 0 aliphatic rings. The molecule has 0 spiro atoms. The summed E-state index contributed by atoms with van der Waals surface area (Å²) in [6.07, 6.45) is 0. The van der Waals surface area contributed by atoms with Crippen LogP contribution in [-0.4, -0.2) is 8.42 Å². The van der Waals surface area contributed by atoms with Crippen LogP contribution in [0.1, 0.15) is 0 Å². The van der Waals surface area contributed by atoms with Gasteiger partial charge in [-0.15, -0.1) is 0 Å². The lowest BCUT2D eigenvalue weighted by Crippen LogP contribution is -2.12. The van der Waals surface area contributed by atoms with Crippen LogP contribution in [0, 0.1) is 3.57 Å². The van der Waals surface area contributed by atoms with E-state index in [1.807, 2.05) is 6.07 Å². The van der Waals surface area contributed by atoms with E-state index in [1.54, 1.807) is 30.3 Å². The highest BCUT2D eigenvalue weighted by atomic mass is 127. The van der Waals surface area contributed by atoms with Crippen molar-refractivity contribution in [1.29, 1.82) is 0 Å². The van der Waals surface area contributed by atoms with Crippen molar-refractivity contribution in [2.75, 3.05) is 4.72 Å². The second-order valence-electron chi connectivity index (χ2n) is 3.57. The van der Waals surface area contributed by atoms with Crippen molar-refractivity contribution < 1.29 is 8.42 Å². The van der Waals surface area contributed by atoms with Crippen molar-refractivity contribution in [2.45, 2.75) is 4.90 Å². The number of sulfonamides is 1. The lowest BCUT2D eigenvalue weighted by atomic mass is 10.3. The standard InChI is InChI=1S/C12H9ClINO2S/c13-9-4-6-12(7-5-9)18(16,17)15-11-3-1-2-10(14)8-11/h1-8,15H. The second kappa shape index (κ2) is 5.46. The van der Waals surface area contributed by atoms with Gasteiger partial charge >= 0.3 is 0 Å². The maximum absolute atomic E-state index is 12.1. The average molecular weight is 394 g/mol. The molecule has 2 aromatic carbocycles. The SMILES string of the molecule is O=S(=O)(Nc1cccc(I)c1)c1ccc(Cl)cc1. The van der Waals surface area contributed by atoms with E-state index in [2.05, 4.69) is 27.3 Å². The van der Waals surface area contributed by atoms with Crippen molar-refractivity contribution in [2.24, 2.45) is 0 Å². The molecule has 0 atom stereocenters. The van der Waals surface area contributed by atoms with Gasteiger partial charge in [-0.1, -0.05) is 17.7 Å². The fraction of sp³-hybridized carbons (Fsp3) is 0. The van der Waals surface area contributed by atoms with Gasteiger partial charge in [-0.05, 0) is 65.1 Å². The molecule has 0 radical (unpaired) electrons. The summed E-state index contributed by atoms with van der Waals surface area (Å²) in [5.74, 6) is 0. The third kappa shape index (κ3) is 3.37. The molecule has 0 saturated heterocycles. The molecule has 0 aromatic heterocycles. The first-order valence-corrected chi connectivity index (χ1v) is 7.95. The molecule has 1 N–H and O–H groups in total. The molecule has 0 bridgehead atoms. The van der Waals surface area contributed by atoms with Crippen LogP contribution in [0.25, 0.3) is 0 Å². The van der Waals surface area contributed by atoms with Crippen molar-refractivity contribution in [3.05, 3.63) is 57.1 Å². The minimum Gasteiger partial charge on any atom is -0.280 e. The van der Waals surface area contributed by atoms with Crippen LogP contribution < -0.4 is 4.72 Å². The molecule has 94 valence electrons. The van der Waals surface area contributed by atoms with Crippen LogP contribution in [0.15, 0.2) is 53.4 Å². The number of halogens is 2. The summed E-state index contributed by atoms with van der Waals surface area (Å²) in [6.45, 7) is 0. The van der Waals surface area contributed by atoms with Gasteiger partial charge in [0.2, 0.25) is 0 Å². The van der Waals surface area contributed by atoms with Gasteiger partial charge in [0.05, 0.1) is 4.90 Å². The van der Waals surface area contributed by atoms with Gasteiger partial charge in [0, 0.05) is 14.3 Å². The van der Waals surface area contributed by atoms with Crippen molar-refractivity contribution >= 4 is 49.9 Å². The van der Waals surface area contributed by atoms with Gasteiger partial charge < -0.3 is 0 Å². The van der Waals surface area contributed by atoms with Gasteiger partial charge in [0.1, 0.15) is 0 Å². The molecule has 0 saturated carbocycles. The molecule has 0 unspecified atom stereocenters. The number of rotatable bonds is 3. The van der Waals surface area contributed by atoms with Crippen molar-refractivity contribution in [3.8, 4) is 0 Å². The van der Waals surface area contributed by atoms with E-state index < -0.39 is 10.0 Å². The first-order valence-electron chi connectivity index (χ1n) is 5.01. The molecule has 0 aliphatic carbocycles. The van der Waals surface area contributed by atoms with E-state index in [4.69, 9.17) is 11.6 Å². The fourth-order valence-corrected chi connectivity index (χ4v) is 3.10. The Hall–Kier alpha value is -0.790. The Morgan fingerprint density at radius 2 is 1.72 bits per heavy atom. The van der Waals surface area contributed by atoms with E-state index in [9.17, 15) is 8.42 Å². The Labute approximate surface area is 124 Å². The highest BCUT2D eigenvalue weighted by Crippen LogP contribution is 2.19. The van der Waals surface area contributed by atoms with Crippen LogP contribution in [-0.2, 0) is 10.0 Å². The van der Waals surface area contributed by atoms with Crippen LogP contribution in [0.5, 0.6) is 0 Å². The summed E-state index contributed by atoms with van der Waals surface area (Å²) in [4.78, 5) is 0.186. The molecule has 18 heavy (non-hydrogen) atoms. The highest BCUT2D eigenvalue weighted by Gasteiger charge is 2.13. The Bertz CT molecular complexity index is 656. The Morgan fingerprint density at radius 1 is 1.06 bits per heavy atom. The molecule has 2 aromatic rings. The van der Waals surface area contributed by atoms with Gasteiger partial charge in [0.15, 0.2) is 0 Å². The number of anilines is 1. The Kier molecular flexibility index (Phi) is 4.14. The van der Waals surface area contributed by atoms with Gasteiger partial charge in [0.25, 0.3) is 10.0 Å². The minimum atomic E-state index is -3.56. The van der Waals surface area contributed by atoms with Crippen molar-refractivity contribution in [1.82, 2.24) is 0 Å². The zero-order valence-corrected chi connectivity index (χ0v) is 12.8. The molecular weight excluding hydrogens is 385 g/mol. The fourth-order valence-electron chi connectivity index (χ4n) is 1.38. The molecule has 2 rings (SSSR count). The maximum atomic E-state index is 12.1. The average Bonchev–Trinajstić information content (AvgIpc) is 2.29. The molecule has 0 heterocycles. The Balaban J connectivity index is 2.30. The summed E-state index contributed by atoms with van der Waals surface area (Å²) >= 11 is 7.85. The third-order valence-electron chi connectivity index (χ3n) is 2.20. The number of nitrogens with one attached hydrogen (secondary N) is 1. The van der Waals surface area contributed by atoms with E-state index in [1.165, 1.54) is 12.1 Å². The smallest absolute Gasteiger partial charge is 0.261 e. The molecule has 6 heteroatoms. The van der Waals surface area contributed by atoms with E-state index in [0.29, 0.717) is 10.7 Å². The van der Waals surface area contributed by atoms with Gasteiger partial charge in [-0.2, -0.15) is 0 Å². The van der Waals surface area contributed by atoms with E-state index in [-0.39, 0.29) is 4.90 Å². The first kappa shape index (κ1) is 13.6. The molecule has 0 amide bonds. The second-order valence-corrected chi connectivity index (χ2v) is 6.93. The number of hydrogen-bond acceptors (Lipinski definition) is 2. The topological polar surface area (TPSA) is 46.2 Å². The highest BCUT2D eigenvalue weighted by molar-refractivity contribution is 14.1. The molecule has 0 aliphatic heterocycles. The monoisotopic (exact) mass is 393 g/mol. The van der Waals surface area contributed by atoms with E-state index >= 15 is 0 Å². The van der Waals surface area contributed by atoms with Crippen LogP contribution in [0.4, 0.5) is 5.69 Å².